The predicted octanol–water partition coefficient (Wildman–Crippen LogP) is 3.24. The normalized spacial score (nSPS) is 21.9. The smallest absolute Gasteiger partial charge is 0.308 e. The van der Waals surface area contributed by atoms with Crippen LogP contribution in [0.4, 0.5) is 5.69 Å². The molecule has 1 heterocycles. The van der Waals surface area contributed by atoms with E-state index in [1.807, 2.05) is 6.92 Å². The zero-order chi connectivity index (χ0) is 20.5. The van der Waals surface area contributed by atoms with Crippen LogP contribution in [0.2, 0.25) is 0 Å². The molecule has 1 fully saturated rings. The molecule has 0 spiro atoms. The van der Waals surface area contributed by atoms with Gasteiger partial charge in [-0.3, -0.25) is 4.79 Å². The first-order valence-electron chi connectivity index (χ1n) is 10.9. The second-order valence-corrected chi connectivity index (χ2v) is 7.69. The van der Waals surface area contributed by atoms with Crippen molar-refractivity contribution in [1.82, 2.24) is 10.6 Å². The molecule has 1 aliphatic heterocycles. The van der Waals surface area contributed by atoms with Crippen LogP contribution in [0.5, 0.6) is 0 Å². The highest BCUT2D eigenvalue weighted by Crippen LogP contribution is 2.25. The van der Waals surface area contributed by atoms with Gasteiger partial charge in [0, 0.05) is 31.4 Å². The first-order valence-corrected chi connectivity index (χ1v) is 10.9. The number of carbonyl (C=O) groups excluding carboxylic acids is 1. The number of anilines is 1. The molecule has 2 aliphatic rings. The minimum absolute atomic E-state index is 0.0420. The highest BCUT2D eigenvalue weighted by molar-refractivity contribution is 5.80. The van der Waals surface area contributed by atoms with Gasteiger partial charge in [0.2, 0.25) is 0 Å². The Morgan fingerprint density at radius 3 is 2.62 bits per heavy atom. The van der Waals surface area contributed by atoms with E-state index >= 15 is 0 Å². The molecule has 1 aromatic carbocycles. The van der Waals surface area contributed by atoms with Crippen LogP contribution in [0, 0.1) is 5.92 Å². The van der Waals surface area contributed by atoms with Gasteiger partial charge in [0.15, 0.2) is 5.96 Å². The summed E-state index contributed by atoms with van der Waals surface area (Å²) in [5, 5.41) is 6.91. The molecule has 0 saturated heterocycles. The van der Waals surface area contributed by atoms with Crippen molar-refractivity contribution in [2.45, 2.75) is 52.1 Å². The van der Waals surface area contributed by atoms with Crippen LogP contribution >= 0.6 is 0 Å². The predicted molar refractivity (Wildman–Crippen MR) is 118 cm³/mol. The number of nitrogens with one attached hydrogen (secondary N) is 2. The number of hydrogen-bond donors (Lipinski definition) is 2. The third-order valence-electron chi connectivity index (χ3n) is 5.55. The molecule has 0 amide bonds. The van der Waals surface area contributed by atoms with Crippen LogP contribution in [0.25, 0.3) is 0 Å². The second kappa shape index (κ2) is 10.9. The molecule has 6 nitrogen and oxygen atoms in total. The number of hydrogen-bond acceptors (Lipinski definition) is 4. The number of guanidine groups is 1. The van der Waals surface area contributed by atoms with Gasteiger partial charge in [-0.05, 0) is 57.2 Å². The van der Waals surface area contributed by atoms with Crippen molar-refractivity contribution in [2.75, 3.05) is 31.1 Å². The van der Waals surface area contributed by atoms with Gasteiger partial charge in [-0.25, -0.2) is 4.99 Å². The Morgan fingerprint density at radius 1 is 1.17 bits per heavy atom. The molecule has 158 valence electrons. The monoisotopic (exact) mass is 398 g/mol. The summed E-state index contributed by atoms with van der Waals surface area (Å²) in [7, 11) is 0. The highest BCUT2D eigenvalue weighted by Gasteiger charge is 2.27. The summed E-state index contributed by atoms with van der Waals surface area (Å²) in [5.41, 5.74) is 2.45. The van der Waals surface area contributed by atoms with E-state index in [1.54, 1.807) is 0 Å². The van der Waals surface area contributed by atoms with Crippen molar-refractivity contribution in [3.8, 4) is 0 Å². The Labute approximate surface area is 174 Å². The summed E-state index contributed by atoms with van der Waals surface area (Å²) in [6.07, 6.45) is 8.09. The van der Waals surface area contributed by atoms with Crippen LogP contribution in [0.3, 0.4) is 0 Å². The molecular weight excluding hydrogens is 364 g/mol. The average Bonchev–Trinajstić information content (AvgIpc) is 3.28. The summed E-state index contributed by atoms with van der Waals surface area (Å²) >= 11 is 0. The number of esters is 1. The summed E-state index contributed by atoms with van der Waals surface area (Å²) in [6, 6.07) is 8.97. The lowest BCUT2D eigenvalue weighted by molar-refractivity contribution is -0.149. The summed E-state index contributed by atoms with van der Waals surface area (Å²) in [6.45, 7) is 7.82. The van der Waals surface area contributed by atoms with E-state index in [1.165, 1.54) is 11.3 Å². The molecule has 1 aliphatic carbocycles. The number of carbonyl (C=O) groups is 1. The molecule has 29 heavy (non-hydrogen) atoms. The molecule has 0 atom stereocenters. The molecule has 0 unspecified atom stereocenters. The standard InChI is InChI=1S/C23H34N4O2/c1-3-24-23(26-20-12-10-19(11-13-20)22(28)29-4-2)25-17-18-8-7-9-21(16-18)27-14-5-6-15-27/h5-9,16,19-20H,3-4,10-15,17H2,1-2H3,(H2,24,25,26). The molecular formula is C23H34N4O2. The van der Waals surface area contributed by atoms with E-state index in [0.29, 0.717) is 19.2 Å². The van der Waals surface area contributed by atoms with Crippen molar-refractivity contribution >= 4 is 17.6 Å². The van der Waals surface area contributed by atoms with Crippen molar-refractivity contribution in [3.05, 3.63) is 42.0 Å². The van der Waals surface area contributed by atoms with Crippen LogP contribution in [0.15, 0.2) is 41.4 Å². The molecule has 3 rings (SSSR count). The van der Waals surface area contributed by atoms with E-state index < -0.39 is 0 Å². The number of benzene rings is 1. The minimum atomic E-state index is -0.0420. The van der Waals surface area contributed by atoms with Gasteiger partial charge in [0.05, 0.1) is 19.1 Å². The maximum absolute atomic E-state index is 11.9. The van der Waals surface area contributed by atoms with Crippen LogP contribution in [0.1, 0.15) is 45.1 Å². The minimum Gasteiger partial charge on any atom is -0.466 e. The number of aliphatic imine (C=N–C) groups is 1. The first-order chi connectivity index (χ1) is 14.2. The van der Waals surface area contributed by atoms with Gasteiger partial charge >= 0.3 is 5.97 Å². The van der Waals surface area contributed by atoms with Gasteiger partial charge in [-0.2, -0.15) is 0 Å². The fourth-order valence-electron chi connectivity index (χ4n) is 3.96. The van der Waals surface area contributed by atoms with Gasteiger partial charge in [0.1, 0.15) is 0 Å². The highest BCUT2D eigenvalue weighted by atomic mass is 16.5. The van der Waals surface area contributed by atoms with Crippen LogP contribution in [-0.2, 0) is 16.1 Å². The number of ether oxygens (including phenoxy) is 1. The van der Waals surface area contributed by atoms with E-state index in [9.17, 15) is 4.79 Å². The maximum atomic E-state index is 11.9. The second-order valence-electron chi connectivity index (χ2n) is 7.69. The lowest BCUT2D eigenvalue weighted by atomic mass is 9.86. The van der Waals surface area contributed by atoms with E-state index in [2.05, 4.69) is 58.9 Å². The molecule has 0 bridgehead atoms. The molecule has 1 aromatic rings. The third-order valence-corrected chi connectivity index (χ3v) is 5.55. The maximum Gasteiger partial charge on any atom is 0.308 e. The van der Waals surface area contributed by atoms with Crippen LogP contribution < -0.4 is 15.5 Å². The topological polar surface area (TPSA) is 66.0 Å². The Hall–Kier alpha value is -2.50. The van der Waals surface area contributed by atoms with Crippen LogP contribution in [-0.4, -0.2) is 44.2 Å². The van der Waals surface area contributed by atoms with Crippen molar-refractivity contribution in [2.24, 2.45) is 10.9 Å². The molecule has 0 radical (unpaired) electrons. The lowest BCUT2D eigenvalue weighted by Crippen LogP contribution is -2.45. The first kappa shape index (κ1) is 21.2. The molecule has 2 N–H and O–H groups in total. The molecule has 1 saturated carbocycles. The van der Waals surface area contributed by atoms with Gasteiger partial charge in [0.25, 0.3) is 0 Å². The van der Waals surface area contributed by atoms with Crippen molar-refractivity contribution < 1.29 is 9.53 Å². The third kappa shape index (κ3) is 6.24. The van der Waals surface area contributed by atoms with Gasteiger partial charge in [-0.1, -0.05) is 24.3 Å². The van der Waals surface area contributed by atoms with Gasteiger partial charge in [-0.15, -0.1) is 0 Å². The van der Waals surface area contributed by atoms with E-state index in [4.69, 9.17) is 9.73 Å². The summed E-state index contributed by atoms with van der Waals surface area (Å²) in [5.74, 6) is 0.857. The van der Waals surface area contributed by atoms with E-state index in [-0.39, 0.29) is 11.9 Å². The zero-order valence-electron chi connectivity index (χ0n) is 17.7. The Kier molecular flexibility index (Phi) is 7.96. The van der Waals surface area contributed by atoms with Crippen molar-refractivity contribution in [1.29, 1.82) is 0 Å². The fourth-order valence-corrected chi connectivity index (χ4v) is 3.96. The van der Waals surface area contributed by atoms with Crippen molar-refractivity contribution in [3.63, 3.8) is 0 Å². The average molecular weight is 399 g/mol. The fraction of sp³-hybridized carbons (Fsp3) is 0.565. The van der Waals surface area contributed by atoms with E-state index in [0.717, 1.165) is 51.3 Å². The Bertz CT molecular complexity index is 715. The molecule has 0 aromatic heterocycles. The zero-order valence-corrected chi connectivity index (χ0v) is 17.7. The summed E-state index contributed by atoms with van der Waals surface area (Å²) in [4.78, 5) is 19.1. The Morgan fingerprint density at radius 2 is 1.93 bits per heavy atom. The van der Waals surface area contributed by atoms with Gasteiger partial charge < -0.3 is 20.3 Å². The SMILES string of the molecule is CCNC(=NCc1cccc(N2CC=CC2)c1)NC1CCC(C(=O)OCC)CC1. The molecule has 6 heteroatoms. The summed E-state index contributed by atoms with van der Waals surface area (Å²) < 4.78 is 5.17. The number of nitrogens with zero attached hydrogens (tertiary/aromatic N) is 2. The Balaban J connectivity index is 1.54. The quantitative estimate of drug-likeness (QED) is 0.319. The number of rotatable bonds is 7. The lowest BCUT2D eigenvalue weighted by Gasteiger charge is -2.29. The largest absolute Gasteiger partial charge is 0.466 e.